The number of nitrogens with zero attached hydrogens (tertiary/aromatic N) is 4. The SMILES string of the molecule is CC(C)(C)c1ccc(-c2ccc(-c3ccccc3-c3cc(-c4ccccc4-c4ccc(-c5ccccc5)nc4)cc(-c4ccccc4-c4ccc(-c5ccccc5)nc4)c3)cn2)cn1. The molecule has 0 unspecified atom stereocenters. The van der Waals surface area contributed by atoms with Crippen LogP contribution in [0.5, 0.6) is 0 Å². The predicted octanol–water partition coefficient (Wildman–Crippen LogP) is 15.6. The van der Waals surface area contributed by atoms with Crippen LogP contribution in [0.3, 0.4) is 0 Å². The molecule has 0 saturated carbocycles. The fourth-order valence-corrected chi connectivity index (χ4v) is 8.43. The lowest BCUT2D eigenvalue weighted by Gasteiger charge is -2.18. The third-order valence-corrected chi connectivity index (χ3v) is 11.8. The van der Waals surface area contributed by atoms with Crippen LogP contribution in [0.25, 0.3) is 101 Å². The Hall–Kier alpha value is -8.08. The monoisotopic (exact) mass is 822 g/mol. The van der Waals surface area contributed by atoms with E-state index in [0.29, 0.717) is 0 Å². The second kappa shape index (κ2) is 17.4. The predicted molar refractivity (Wildman–Crippen MR) is 265 cm³/mol. The summed E-state index contributed by atoms with van der Waals surface area (Å²) >= 11 is 0. The van der Waals surface area contributed by atoms with Crippen molar-refractivity contribution < 1.29 is 0 Å². The zero-order valence-corrected chi connectivity index (χ0v) is 36.2. The van der Waals surface area contributed by atoms with Gasteiger partial charge in [0.25, 0.3) is 0 Å². The van der Waals surface area contributed by atoms with E-state index >= 15 is 0 Å². The minimum atomic E-state index is -0.0163. The molecule has 0 N–H and O–H groups in total. The summed E-state index contributed by atoms with van der Waals surface area (Å²) in [5, 5.41) is 0. The lowest BCUT2D eigenvalue weighted by atomic mass is 9.86. The molecule has 4 nitrogen and oxygen atoms in total. The molecule has 0 radical (unpaired) electrons. The van der Waals surface area contributed by atoms with Gasteiger partial charge in [-0.1, -0.05) is 172 Å². The second-order valence-electron chi connectivity index (χ2n) is 17.1. The van der Waals surface area contributed by atoms with Crippen molar-refractivity contribution in [1.82, 2.24) is 19.9 Å². The molecule has 0 aliphatic rings. The fourth-order valence-electron chi connectivity index (χ4n) is 8.43. The van der Waals surface area contributed by atoms with Gasteiger partial charge in [-0.25, -0.2) is 0 Å². The number of rotatable bonds is 9. The van der Waals surface area contributed by atoms with E-state index in [0.717, 1.165) is 106 Å². The largest absolute Gasteiger partial charge is 0.260 e. The van der Waals surface area contributed by atoms with E-state index in [2.05, 4.69) is 185 Å². The van der Waals surface area contributed by atoms with Gasteiger partial charge in [-0.3, -0.25) is 19.9 Å². The van der Waals surface area contributed by atoms with Gasteiger partial charge in [-0.15, -0.1) is 0 Å². The molecule has 10 aromatic rings. The molecule has 0 aliphatic heterocycles. The molecule has 4 heteroatoms. The Kier molecular flexibility index (Phi) is 10.9. The summed E-state index contributed by atoms with van der Waals surface area (Å²) in [6, 6.07) is 70.7. The molecule has 0 bridgehead atoms. The first-order valence-electron chi connectivity index (χ1n) is 21.8. The summed E-state index contributed by atoms with van der Waals surface area (Å²) in [4.78, 5) is 19.6. The quantitative estimate of drug-likeness (QED) is 0.145. The summed E-state index contributed by atoms with van der Waals surface area (Å²) in [7, 11) is 0. The molecule has 0 amide bonds. The molecule has 4 heterocycles. The van der Waals surface area contributed by atoms with Crippen molar-refractivity contribution >= 4 is 0 Å². The molecule has 4 aromatic heterocycles. The summed E-state index contributed by atoms with van der Waals surface area (Å²) in [6.45, 7) is 6.54. The van der Waals surface area contributed by atoms with Crippen molar-refractivity contribution in [2.24, 2.45) is 0 Å². The van der Waals surface area contributed by atoms with E-state index < -0.39 is 0 Å². The summed E-state index contributed by atoms with van der Waals surface area (Å²) in [5.74, 6) is 0. The molecule has 6 aromatic carbocycles. The normalized spacial score (nSPS) is 11.4. The van der Waals surface area contributed by atoms with Crippen LogP contribution in [-0.2, 0) is 5.41 Å². The van der Waals surface area contributed by atoms with Gasteiger partial charge >= 0.3 is 0 Å². The molecular weight excluding hydrogens is 777 g/mol. The van der Waals surface area contributed by atoms with Crippen molar-refractivity contribution in [3.8, 4) is 101 Å². The molecule has 0 fully saturated rings. The van der Waals surface area contributed by atoms with Crippen LogP contribution in [0.4, 0.5) is 0 Å². The highest BCUT2D eigenvalue weighted by Crippen LogP contribution is 2.42. The van der Waals surface area contributed by atoms with Crippen molar-refractivity contribution in [2.75, 3.05) is 0 Å². The maximum absolute atomic E-state index is 4.97. The highest BCUT2D eigenvalue weighted by atomic mass is 14.7. The average Bonchev–Trinajstić information content (AvgIpc) is 3.37. The molecule has 0 atom stereocenters. The first kappa shape index (κ1) is 40.0. The molecule has 64 heavy (non-hydrogen) atoms. The maximum Gasteiger partial charge on any atom is 0.0717 e. The number of hydrogen-bond acceptors (Lipinski definition) is 4. The standard InChI is InChI=1S/C60H46N4/c1-60(2,3)59-33-29-46(40-64-59)58-32-28-45(39-63-58)52-22-12-15-25-55(52)49-35-47(53-23-13-10-20-50(53)43-26-30-56(61-37-43)41-16-6-4-7-17-41)34-48(36-49)54-24-14-11-21-51(54)44-27-31-57(62-38-44)42-18-8-5-9-19-42/h4-40H,1-3H3. The number of hydrogen-bond donors (Lipinski definition) is 0. The Labute approximate surface area is 375 Å². The van der Waals surface area contributed by atoms with Gasteiger partial charge in [0.1, 0.15) is 0 Å². The van der Waals surface area contributed by atoms with Crippen molar-refractivity contribution in [3.05, 3.63) is 231 Å². The minimum absolute atomic E-state index is 0.0163. The molecular formula is C60H46N4. The van der Waals surface area contributed by atoms with Gasteiger partial charge in [0, 0.05) is 69.3 Å². The van der Waals surface area contributed by atoms with Crippen LogP contribution in [0, 0.1) is 0 Å². The highest BCUT2D eigenvalue weighted by Gasteiger charge is 2.18. The summed E-state index contributed by atoms with van der Waals surface area (Å²) < 4.78 is 0. The van der Waals surface area contributed by atoms with E-state index in [4.69, 9.17) is 19.9 Å². The van der Waals surface area contributed by atoms with Crippen molar-refractivity contribution in [3.63, 3.8) is 0 Å². The number of aromatic nitrogens is 4. The van der Waals surface area contributed by atoms with Gasteiger partial charge in [0.2, 0.25) is 0 Å². The van der Waals surface area contributed by atoms with E-state index in [1.807, 2.05) is 61.2 Å². The lowest BCUT2D eigenvalue weighted by Crippen LogP contribution is -2.12. The lowest BCUT2D eigenvalue weighted by molar-refractivity contribution is 0.569. The van der Waals surface area contributed by atoms with E-state index in [1.54, 1.807) is 0 Å². The van der Waals surface area contributed by atoms with E-state index in [9.17, 15) is 0 Å². The average molecular weight is 823 g/mol. The van der Waals surface area contributed by atoms with E-state index in [1.165, 1.54) is 0 Å². The third kappa shape index (κ3) is 8.30. The van der Waals surface area contributed by atoms with Crippen LogP contribution in [-0.4, -0.2) is 19.9 Å². The van der Waals surface area contributed by atoms with Crippen molar-refractivity contribution in [2.45, 2.75) is 26.2 Å². The van der Waals surface area contributed by atoms with Gasteiger partial charge in [-0.2, -0.15) is 0 Å². The smallest absolute Gasteiger partial charge is 0.0717 e. The Morgan fingerprint density at radius 3 is 0.844 bits per heavy atom. The zero-order chi connectivity index (χ0) is 43.5. The Bertz CT molecular complexity index is 3040. The number of pyridine rings is 4. The topological polar surface area (TPSA) is 51.6 Å². The van der Waals surface area contributed by atoms with Gasteiger partial charge in [0.15, 0.2) is 0 Å². The second-order valence-corrected chi connectivity index (χ2v) is 17.1. The minimum Gasteiger partial charge on any atom is -0.260 e. The molecule has 10 rings (SSSR count). The summed E-state index contributed by atoms with van der Waals surface area (Å²) in [6.07, 6.45) is 7.91. The molecule has 0 saturated heterocycles. The van der Waals surface area contributed by atoms with Gasteiger partial charge in [0.05, 0.1) is 17.1 Å². The molecule has 306 valence electrons. The molecule has 0 spiro atoms. The Morgan fingerprint density at radius 2 is 0.547 bits per heavy atom. The van der Waals surface area contributed by atoms with Crippen molar-refractivity contribution in [1.29, 1.82) is 0 Å². The van der Waals surface area contributed by atoms with Crippen LogP contribution >= 0.6 is 0 Å². The van der Waals surface area contributed by atoms with Gasteiger partial charge in [-0.05, 0) is 98.6 Å². The molecule has 0 aliphatic carbocycles. The highest BCUT2D eigenvalue weighted by molar-refractivity contribution is 5.94. The Morgan fingerprint density at radius 1 is 0.250 bits per heavy atom. The maximum atomic E-state index is 4.97. The first-order chi connectivity index (χ1) is 31.4. The van der Waals surface area contributed by atoms with Gasteiger partial charge < -0.3 is 0 Å². The van der Waals surface area contributed by atoms with Crippen LogP contribution in [0.1, 0.15) is 26.5 Å². The fraction of sp³-hybridized carbons (Fsp3) is 0.0667. The van der Waals surface area contributed by atoms with Crippen LogP contribution in [0.15, 0.2) is 225 Å². The van der Waals surface area contributed by atoms with Crippen LogP contribution < -0.4 is 0 Å². The van der Waals surface area contributed by atoms with E-state index in [-0.39, 0.29) is 5.41 Å². The first-order valence-corrected chi connectivity index (χ1v) is 21.8. The third-order valence-electron chi connectivity index (χ3n) is 11.8. The number of benzene rings is 6. The Balaban J connectivity index is 1.09. The van der Waals surface area contributed by atoms with Crippen LogP contribution in [0.2, 0.25) is 0 Å². The summed E-state index contributed by atoms with van der Waals surface area (Å²) in [5.41, 5.74) is 20.2. The zero-order valence-electron chi connectivity index (χ0n) is 36.2.